The third kappa shape index (κ3) is 5.04. The molecule has 2 heterocycles. The first-order chi connectivity index (χ1) is 9.98. The maximum atomic E-state index is 12.3. The number of piperazine rings is 1. The molecule has 5 nitrogen and oxygen atoms in total. The molecule has 0 aliphatic carbocycles. The summed E-state index contributed by atoms with van der Waals surface area (Å²) in [6.07, 6.45) is -1.65. The van der Waals surface area contributed by atoms with Gasteiger partial charge in [0.2, 0.25) is 0 Å². The molecule has 0 atom stereocenters. The molecule has 0 aromatic carbocycles. The van der Waals surface area contributed by atoms with Crippen LogP contribution in [0.5, 0.6) is 0 Å². The SMILES string of the molecule is CCCNc1cc(N2CCN(CC(F)(F)F)CC2)ncn1. The fraction of sp³-hybridized carbons (Fsp3) is 0.692. The summed E-state index contributed by atoms with van der Waals surface area (Å²) in [4.78, 5) is 11.7. The second-order valence-corrected chi connectivity index (χ2v) is 5.07. The molecule has 1 N–H and O–H groups in total. The summed E-state index contributed by atoms with van der Waals surface area (Å²) in [7, 11) is 0. The zero-order valence-electron chi connectivity index (χ0n) is 12.0. The van der Waals surface area contributed by atoms with Gasteiger partial charge in [-0.25, -0.2) is 9.97 Å². The van der Waals surface area contributed by atoms with E-state index in [-0.39, 0.29) is 0 Å². The average Bonchev–Trinajstić information content (AvgIpc) is 2.44. The van der Waals surface area contributed by atoms with Gasteiger partial charge >= 0.3 is 6.18 Å². The normalized spacial score (nSPS) is 17.0. The van der Waals surface area contributed by atoms with Gasteiger partial charge in [-0.3, -0.25) is 4.90 Å². The van der Waals surface area contributed by atoms with E-state index in [1.54, 1.807) is 0 Å². The topological polar surface area (TPSA) is 44.3 Å². The molecule has 0 spiro atoms. The van der Waals surface area contributed by atoms with Gasteiger partial charge in [0.15, 0.2) is 0 Å². The minimum atomic E-state index is -4.13. The van der Waals surface area contributed by atoms with Crippen LogP contribution >= 0.6 is 0 Å². The van der Waals surface area contributed by atoms with Gasteiger partial charge in [-0.15, -0.1) is 0 Å². The van der Waals surface area contributed by atoms with Gasteiger partial charge in [-0.1, -0.05) is 6.92 Å². The molecule has 118 valence electrons. The molecule has 1 fully saturated rings. The van der Waals surface area contributed by atoms with Crippen LogP contribution in [-0.4, -0.2) is 60.3 Å². The molecule has 8 heteroatoms. The standard InChI is InChI=1S/C13H20F3N5/c1-2-3-17-11-8-12(19-10-18-11)21-6-4-20(5-7-21)9-13(14,15)16/h8,10H,2-7,9H2,1H3,(H,17,18,19). The van der Waals surface area contributed by atoms with Gasteiger partial charge in [0.25, 0.3) is 0 Å². The van der Waals surface area contributed by atoms with Gasteiger partial charge in [0.05, 0.1) is 6.54 Å². The Bertz CT molecular complexity index is 444. The number of anilines is 2. The van der Waals surface area contributed by atoms with Crippen LogP contribution in [0.15, 0.2) is 12.4 Å². The third-order valence-corrected chi connectivity index (χ3v) is 3.31. The van der Waals surface area contributed by atoms with Crippen molar-refractivity contribution in [3.63, 3.8) is 0 Å². The molecular formula is C13H20F3N5. The first kappa shape index (κ1) is 15.8. The molecule has 0 saturated carbocycles. The van der Waals surface area contributed by atoms with E-state index < -0.39 is 12.7 Å². The van der Waals surface area contributed by atoms with Crippen molar-refractivity contribution in [3.8, 4) is 0 Å². The van der Waals surface area contributed by atoms with Crippen molar-refractivity contribution in [2.75, 3.05) is 49.5 Å². The van der Waals surface area contributed by atoms with Gasteiger partial charge in [0.1, 0.15) is 18.0 Å². The summed E-state index contributed by atoms with van der Waals surface area (Å²) in [5.74, 6) is 1.51. The fourth-order valence-electron chi connectivity index (χ4n) is 2.26. The van der Waals surface area contributed by atoms with E-state index >= 15 is 0 Å². The summed E-state index contributed by atoms with van der Waals surface area (Å²) < 4.78 is 37.0. The van der Waals surface area contributed by atoms with E-state index in [0.717, 1.165) is 24.6 Å². The molecule has 0 radical (unpaired) electrons. The minimum absolute atomic E-state index is 0.390. The number of nitrogens with one attached hydrogen (secondary N) is 1. The van der Waals surface area contributed by atoms with Crippen LogP contribution in [0.1, 0.15) is 13.3 Å². The van der Waals surface area contributed by atoms with Crippen LogP contribution in [0.2, 0.25) is 0 Å². The number of hydrogen-bond donors (Lipinski definition) is 1. The average molecular weight is 303 g/mol. The van der Waals surface area contributed by atoms with Crippen molar-refractivity contribution in [1.82, 2.24) is 14.9 Å². The Morgan fingerprint density at radius 1 is 1.19 bits per heavy atom. The van der Waals surface area contributed by atoms with Gasteiger partial charge in [-0.05, 0) is 6.42 Å². The molecule has 0 amide bonds. The van der Waals surface area contributed by atoms with E-state index in [1.165, 1.54) is 11.2 Å². The molecule has 0 bridgehead atoms. The van der Waals surface area contributed by atoms with Crippen molar-refractivity contribution < 1.29 is 13.2 Å². The maximum absolute atomic E-state index is 12.3. The number of rotatable bonds is 5. The Kier molecular flexibility index (Phi) is 5.22. The molecular weight excluding hydrogens is 283 g/mol. The third-order valence-electron chi connectivity index (χ3n) is 3.31. The highest BCUT2D eigenvalue weighted by atomic mass is 19.4. The van der Waals surface area contributed by atoms with Crippen molar-refractivity contribution in [2.24, 2.45) is 0 Å². The van der Waals surface area contributed by atoms with Gasteiger partial charge < -0.3 is 10.2 Å². The van der Waals surface area contributed by atoms with Gasteiger partial charge in [0, 0.05) is 38.8 Å². The second kappa shape index (κ2) is 6.93. The lowest BCUT2D eigenvalue weighted by atomic mass is 10.3. The summed E-state index contributed by atoms with van der Waals surface area (Å²) in [6.45, 7) is 3.92. The fourth-order valence-corrected chi connectivity index (χ4v) is 2.26. The van der Waals surface area contributed by atoms with Crippen LogP contribution in [0.4, 0.5) is 24.8 Å². The van der Waals surface area contributed by atoms with E-state index in [1.807, 2.05) is 11.0 Å². The predicted octanol–water partition coefficient (Wildman–Crippen LogP) is 1.98. The van der Waals surface area contributed by atoms with E-state index in [2.05, 4.69) is 22.2 Å². The number of hydrogen-bond acceptors (Lipinski definition) is 5. The van der Waals surface area contributed by atoms with Crippen molar-refractivity contribution in [3.05, 3.63) is 12.4 Å². The minimum Gasteiger partial charge on any atom is -0.370 e. The largest absolute Gasteiger partial charge is 0.401 e. The van der Waals surface area contributed by atoms with Crippen LogP contribution in [0.3, 0.4) is 0 Å². The predicted molar refractivity (Wildman–Crippen MR) is 75.5 cm³/mol. The zero-order chi connectivity index (χ0) is 15.3. The summed E-state index contributed by atoms with van der Waals surface area (Å²) >= 11 is 0. The van der Waals surface area contributed by atoms with E-state index in [9.17, 15) is 13.2 Å². The molecule has 1 aliphatic heterocycles. The Labute approximate surface area is 122 Å². The van der Waals surface area contributed by atoms with E-state index in [0.29, 0.717) is 26.2 Å². The molecule has 21 heavy (non-hydrogen) atoms. The first-order valence-corrected chi connectivity index (χ1v) is 7.08. The quantitative estimate of drug-likeness (QED) is 0.901. The highest BCUT2D eigenvalue weighted by Gasteiger charge is 2.32. The van der Waals surface area contributed by atoms with Crippen molar-refractivity contribution >= 4 is 11.6 Å². The highest BCUT2D eigenvalue weighted by molar-refractivity contribution is 5.48. The first-order valence-electron chi connectivity index (χ1n) is 7.08. The number of alkyl halides is 3. The van der Waals surface area contributed by atoms with Crippen LogP contribution in [0.25, 0.3) is 0 Å². The molecule has 1 aromatic rings. The monoisotopic (exact) mass is 303 g/mol. The lowest BCUT2D eigenvalue weighted by Gasteiger charge is -2.35. The van der Waals surface area contributed by atoms with Crippen LogP contribution in [0, 0.1) is 0 Å². The number of aromatic nitrogens is 2. The van der Waals surface area contributed by atoms with Crippen molar-refractivity contribution in [2.45, 2.75) is 19.5 Å². The summed E-state index contributed by atoms with van der Waals surface area (Å²) in [5.41, 5.74) is 0. The molecule has 1 aliphatic rings. The lowest BCUT2D eigenvalue weighted by Crippen LogP contribution is -2.49. The van der Waals surface area contributed by atoms with Crippen LogP contribution < -0.4 is 10.2 Å². The smallest absolute Gasteiger partial charge is 0.370 e. The summed E-state index contributed by atoms with van der Waals surface area (Å²) in [6, 6.07) is 1.84. The van der Waals surface area contributed by atoms with Crippen LogP contribution in [-0.2, 0) is 0 Å². The summed E-state index contributed by atoms with van der Waals surface area (Å²) in [5, 5.41) is 3.18. The lowest BCUT2D eigenvalue weighted by molar-refractivity contribution is -0.146. The second-order valence-electron chi connectivity index (χ2n) is 5.07. The van der Waals surface area contributed by atoms with Crippen molar-refractivity contribution in [1.29, 1.82) is 0 Å². The Morgan fingerprint density at radius 3 is 2.52 bits per heavy atom. The number of halogens is 3. The number of nitrogens with zero attached hydrogens (tertiary/aromatic N) is 4. The Balaban J connectivity index is 1.90. The Hall–Kier alpha value is -1.57. The maximum Gasteiger partial charge on any atom is 0.401 e. The Morgan fingerprint density at radius 2 is 1.90 bits per heavy atom. The molecule has 2 rings (SSSR count). The van der Waals surface area contributed by atoms with Gasteiger partial charge in [-0.2, -0.15) is 13.2 Å². The molecule has 1 aromatic heterocycles. The zero-order valence-corrected chi connectivity index (χ0v) is 12.0. The molecule has 0 unspecified atom stereocenters. The van der Waals surface area contributed by atoms with E-state index in [4.69, 9.17) is 0 Å². The highest BCUT2D eigenvalue weighted by Crippen LogP contribution is 2.20. The molecule has 1 saturated heterocycles.